The highest BCUT2D eigenvalue weighted by molar-refractivity contribution is 5.78. The molecule has 1 saturated heterocycles. The summed E-state index contributed by atoms with van der Waals surface area (Å²) in [6.45, 7) is 2.58. The SMILES string of the molecule is CN1CCCN(C2CCC(N)CC2)CC1=O. The lowest BCUT2D eigenvalue weighted by atomic mass is 9.90. The summed E-state index contributed by atoms with van der Waals surface area (Å²) in [5.74, 6) is 0.271. The van der Waals surface area contributed by atoms with E-state index in [1.807, 2.05) is 11.9 Å². The fourth-order valence-electron chi connectivity index (χ4n) is 2.79. The molecule has 2 aliphatic rings. The van der Waals surface area contributed by atoms with Crippen LogP contribution in [0.1, 0.15) is 32.1 Å². The summed E-state index contributed by atoms with van der Waals surface area (Å²) in [6.07, 6.45) is 5.66. The zero-order valence-corrected chi connectivity index (χ0v) is 10.2. The molecule has 0 unspecified atom stereocenters. The Labute approximate surface area is 97.8 Å². The fraction of sp³-hybridized carbons (Fsp3) is 0.917. The molecule has 0 atom stereocenters. The van der Waals surface area contributed by atoms with Crippen molar-refractivity contribution in [3.05, 3.63) is 0 Å². The number of hydrogen-bond donors (Lipinski definition) is 1. The van der Waals surface area contributed by atoms with Crippen LogP contribution < -0.4 is 5.73 Å². The van der Waals surface area contributed by atoms with Gasteiger partial charge in [-0.05, 0) is 32.1 Å². The van der Waals surface area contributed by atoms with Gasteiger partial charge in [-0.2, -0.15) is 0 Å². The molecule has 2 rings (SSSR count). The van der Waals surface area contributed by atoms with Gasteiger partial charge in [0.25, 0.3) is 0 Å². The predicted octanol–water partition coefficient (Wildman–Crippen LogP) is 0.420. The first-order valence-corrected chi connectivity index (χ1v) is 6.40. The fourth-order valence-corrected chi connectivity index (χ4v) is 2.79. The molecular formula is C12H23N3O. The average molecular weight is 225 g/mol. The first kappa shape index (κ1) is 11.9. The van der Waals surface area contributed by atoms with Crippen molar-refractivity contribution in [1.29, 1.82) is 0 Å². The Balaban J connectivity index is 1.91. The molecule has 4 heteroatoms. The Kier molecular flexibility index (Phi) is 3.82. The standard InChI is InChI=1S/C12H23N3O/c1-14-7-2-8-15(9-12(14)16)11-5-3-10(13)4-6-11/h10-11H,2-9,13H2,1H3. The molecule has 1 aliphatic carbocycles. The van der Waals surface area contributed by atoms with Gasteiger partial charge in [0.1, 0.15) is 0 Å². The van der Waals surface area contributed by atoms with Gasteiger partial charge in [-0.25, -0.2) is 0 Å². The van der Waals surface area contributed by atoms with Gasteiger partial charge >= 0.3 is 0 Å². The minimum atomic E-state index is 0.271. The summed E-state index contributed by atoms with van der Waals surface area (Å²) >= 11 is 0. The Morgan fingerprint density at radius 3 is 2.56 bits per heavy atom. The summed E-state index contributed by atoms with van der Waals surface area (Å²) in [4.78, 5) is 16.0. The first-order valence-electron chi connectivity index (χ1n) is 6.40. The number of likely N-dealkylation sites (N-methyl/N-ethyl adjacent to an activating group) is 1. The number of amides is 1. The van der Waals surface area contributed by atoms with E-state index >= 15 is 0 Å². The number of carbonyl (C=O) groups is 1. The Morgan fingerprint density at radius 2 is 1.88 bits per heavy atom. The van der Waals surface area contributed by atoms with E-state index in [9.17, 15) is 4.79 Å². The zero-order valence-electron chi connectivity index (χ0n) is 10.2. The van der Waals surface area contributed by atoms with Crippen LogP contribution in [-0.4, -0.2) is 54.5 Å². The van der Waals surface area contributed by atoms with Crippen molar-refractivity contribution in [2.75, 3.05) is 26.7 Å². The van der Waals surface area contributed by atoms with Gasteiger partial charge in [0.05, 0.1) is 6.54 Å². The van der Waals surface area contributed by atoms with E-state index < -0.39 is 0 Å². The molecule has 0 spiro atoms. The van der Waals surface area contributed by atoms with E-state index in [0.717, 1.165) is 45.2 Å². The molecule has 2 N–H and O–H groups in total. The van der Waals surface area contributed by atoms with Crippen molar-refractivity contribution >= 4 is 5.91 Å². The maximum atomic E-state index is 11.8. The van der Waals surface area contributed by atoms with Crippen LogP contribution in [0, 0.1) is 0 Å². The molecule has 4 nitrogen and oxygen atoms in total. The quantitative estimate of drug-likeness (QED) is 0.703. The van der Waals surface area contributed by atoms with Crippen LogP contribution in [0.3, 0.4) is 0 Å². The van der Waals surface area contributed by atoms with Crippen LogP contribution in [0.15, 0.2) is 0 Å². The topological polar surface area (TPSA) is 49.6 Å². The Hall–Kier alpha value is -0.610. The molecule has 1 aliphatic heterocycles. The van der Waals surface area contributed by atoms with Crippen LogP contribution in [0.2, 0.25) is 0 Å². The maximum Gasteiger partial charge on any atom is 0.236 e. The summed E-state index contributed by atoms with van der Waals surface area (Å²) in [6, 6.07) is 0.983. The smallest absolute Gasteiger partial charge is 0.236 e. The summed E-state index contributed by atoms with van der Waals surface area (Å²) < 4.78 is 0. The Morgan fingerprint density at radius 1 is 1.19 bits per heavy atom. The Bertz CT molecular complexity index is 249. The molecule has 0 aromatic heterocycles. The second kappa shape index (κ2) is 5.15. The van der Waals surface area contributed by atoms with E-state index in [4.69, 9.17) is 5.73 Å². The molecule has 1 amide bonds. The molecule has 1 saturated carbocycles. The van der Waals surface area contributed by atoms with Crippen molar-refractivity contribution < 1.29 is 4.79 Å². The monoisotopic (exact) mass is 225 g/mol. The average Bonchev–Trinajstić information content (AvgIpc) is 2.43. The highest BCUT2D eigenvalue weighted by atomic mass is 16.2. The highest BCUT2D eigenvalue weighted by Crippen LogP contribution is 2.23. The van der Waals surface area contributed by atoms with Crippen molar-refractivity contribution in [1.82, 2.24) is 9.80 Å². The van der Waals surface area contributed by atoms with Crippen molar-refractivity contribution in [2.24, 2.45) is 5.73 Å². The molecule has 2 fully saturated rings. The molecule has 0 bridgehead atoms. The van der Waals surface area contributed by atoms with Gasteiger partial charge in [0.2, 0.25) is 5.91 Å². The second-order valence-electron chi connectivity index (χ2n) is 5.21. The third kappa shape index (κ3) is 2.74. The summed E-state index contributed by atoms with van der Waals surface area (Å²) in [7, 11) is 1.91. The van der Waals surface area contributed by atoms with Crippen molar-refractivity contribution in [3.63, 3.8) is 0 Å². The van der Waals surface area contributed by atoms with Crippen molar-refractivity contribution in [2.45, 2.75) is 44.2 Å². The second-order valence-corrected chi connectivity index (χ2v) is 5.21. The molecule has 0 aromatic carbocycles. The maximum absolute atomic E-state index is 11.8. The minimum Gasteiger partial charge on any atom is -0.345 e. The van der Waals surface area contributed by atoms with Gasteiger partial charge < -0.3 is 10.6 Å². The number of nitrogens with zero attached hydrogens (tertiary/aromatic N) is 2. The normalized spacial score (nSPS) is 33.9. The minimum absolute atomic E-state index is 0.271. The number of nitrogens with two attached hydrogens (primary N) is 1. The molecule has 92 valence electrons. The van der Waals surface area contributed by atoms with Crippen molar-refractivity contribution in [3.8, 4) is 0 Å². The van der Waals surface area contributed by atoms with Crippen LogP contribution in [0.4, 0.5) is 0 Å². The van der Waals surface area contributed by atoms with E-state index in [-0.39, 0.29) is 5.91 Å². The number of hydrogen-bond acceptors (Lipinski definition) is 3. The van der Waals surface area contributed by atoms with Crippen LogP contribution in [0.25, 0.3) is 0 Å². The highest BCUT2D eigenvalue weighted by Gasteiger charge is 2.27. The van der Waals surface area contributed by atoms with Gasteiger partial charge in [-0.3, -0.25) is 9.69 Å². The lowest BCUT2D eigenvalue weighted by molar-refractivity contribution is -0.130. The van der Waals surface area contributed by atoms with Gasteiger partial charge in [-0.1, -0.05) is 0 Å². The molecular weight excluding hydrogens is 202 g/mol. The molecule has 0 aromatic rings. The summed E-state index contributed by atoms with van der Waals surface area (Å²) in [5.41, 5.74) is 5.91. The predicted molar refractivity (Wildman–Crippen MR) is 64.1 cm³/mol. The molecule has 16 heavy (non-hydrogen) atoms. The van der Waals surface area contributed by atoms with Crippen LogP contribution in [0.5, 0.6) is 0 Å². The van der Waals surface area contributed by atoms with E-state index in [2.05, 4.69) is 4.90 Å². The lowest BCUT2D eigenvalue weighted by Crippen LogP contribution is -2.44. The molecule has 1 heterocycles. The lowest BCUT2D eigenvalue weighted by Gasteiger charge is -2.34. The van der Waals surface area contributed by atoms with Gasteiger partial charge in [0.15, 0.2) is 0 Å². The van der Waals surface area contributed by atoms with Gasteiger partial charge in [0, 0.05) is 32.2 Å². The number of rotatable bonds is 1. The van der Waals surface area contributed by atoms with E-state index in [1.54, 1.807) is 0 Å². The van der Waals surface area contributed by atoms with Gasteiger partial charge in [-0.15, -0.1) is 0 Å². The zero-order chi connectivity index (χ0) is 11.5. The summed E-state index contributed by atoms with van der Waals surface area (Å²) in [5, 5.41) is 0. The van der Waals surface area contributed by atoms with E-state index in [0.29, 0.717) is 18.6 Å². The third-order valence-corrected chi connectivity index (χ3v) is 3.96. The number of carbonyl (C=O) groups excluding carboxylic acids is 1. The van der Waals surface area contributed by atoms with Crippen LogP contribution in [-0.2, 0) is 4.79 Å². The van der Waals surface area contributed by atoms with Crippen LogP contribution >= 0.6 is 0 Å². The third-order valence-electron chi connectivity index (χ3n) is 3.96. The first-order chi connectivity index (χ1) is 7.66. The largest absolute Gasteiger partial charge is 0.345 e. The van der Waals surface area contributed by atoms with E-state index in [1.165, 1.54) is 0 Å². The molecule has 0 radical (unpaired) electrons.